The first-order valence-electron chi connectivity index (χ1n) is 6.45. The van der Waals surface area contributed by atoms with Crippen molar-refractivity contribution < 1.29 is 23.0 Å². The minimum absolute atomic E-state index is 0.136. The summed E-state index contributed by atoms with van der Waals surface area (Å²) in [6, 6.07) is 0.368. The number of alkyl halides is 3. The summed E-state index contributed by atoms with van der Waals surface area (Å²) in [5.41, 5.74) is 0. The van der Waals surface area contributed by atoms with Crippen LogP contribution in [-0.4, -0.2) is 54.6 Å². The van der Waals surface area contributed by atoms with E-state index in [1.54, 1.807) is 6.92 Å². The van der Waals surface area contributed by atoms with E-state index in [4.69, 9.17) is 0 Å². The number of hydrogen-bond donors (Lipinski definition) is 1. The average molecular weight is 269 g/mol. The van der Waals surface area contributed by atoms with Crippen molar-refractivity contribution in [3.05, 3.63) is 0 Å². The van der Waals surface area contributed by atoms with E-state index < -0.39 is 12.8 Å². The second-order valence-electron chi connectivity index (χ2n) is 4.94. The van der Waals surface area contributed by atoms with Gasteiger partial charge in [-0.2, -0.15) is 13.2 Å². The van der Waals surface area contributed by atoms with Crippen molar-refractivity contribution in [3.8, 4) is 0 Å². The predicted molar refractivity (Wildman–Crippen MR) is 62.4 cm³/mol. The fourth-order valence-corrected chi connectivity index (χ4v) is 2.41. The van der Waals surface area contributed by atoms with Crippen molar-refractivity contribution in [2.45, 2.75) is 50.9 Å². The van der Waals surface area contributed by atoms with E-state index in [1.165, 1.54) is 0 Å². The number of hydrogen-bond acceptors (Lipinski definition) is 3. The Bertz CT molecular complexity index is 234. The summed E-state index contributed by atoms with van der Waals surface area (Å²) in [7, 11) is 0. The Morgan fingerprint density at radius 1 is 1.44 bits per heavy atom. The number of nitrogens with zero attached hydrogens (tertiary/aromatic N) is 1. The van der Waals surface area contributed by atoms with Gasteiger partial charge >= 0.3 is 6.18 Å². The molecule has 0 aliphatic carbocycles. The van der Waals surface area contributed by atoms with Crippen LogP contribution in [0, 0.1) is 0 Å². The van der Waals surface area contributed by atoms with Crippen LogP contribution < -0.4 is 0 Å². The van der Waals surface area contributed by atoms with Crippen molar-refractivity contribution >= 4 is 0 Å². The van der Waals surface area contributed by atoms with Crippen molar-refractivity contribution in [1.29, 1.82) is 0 Å². The lowest BCUT2D eigenvalue weighted by molar-refractivity contribution is -0.174. The first-order valence-corrected chi connectivity index (χ1v) is 6.45. The van der Waals surface area contributed by atoms with Gasteiger partial charge in [0.15, 0.2) is 0 Å². The van der Waals surface area contributed by atoms with Gasteiger partial charge in [-0.15, -0.1) is 0 Å². The van der Waals surface area contributed by atoms with Gasteiger partial charge in [0.25, 0.3) is 0 Å². The second-order valence-corrected chi connectivity index (χ2v) is 4.94. The molecule has 18 heavy (non-hydrogen) atoms. The fraction of sp³-hybridized carbons (Fsp3) is 1.00. The van der Waals surface area contributed by atoms with Gasteiger partial charge in [-0.3, -0.25) is 0 Å². The standard InChI is InChI=1S/C12H22F3NO2/c1-10(17)8-11-4-2-5-16(11)6-3-7-18-9-12(13,14)15/h10-11,17H,2-9H2,1H3. The van der Waals surface area contributed by atoms with E-state index in [1.807, 2.05) is 0 Å². The zero-order valence-electron chi connectivity index (χ0n) is 10.7. The SMILES string of the molecule is CC(O)CC1CCCN1CCCOCC(F)(F)F. The highest BCUT2D eigenvalue weighted by molar-refractivity contribution is 4.80. The normalized spacial score (nSPS) is 23.5. The molecule has 1 saturated heterocycles. The third kappa shape index (κ3) is 6.56. The van der Waals surface area contributed by atoms with Crippen molar-refractivity contribution in [2.24, 2.45) is 0 Å². The van der Waals surface area contributed by atoms with Gasteiger partial charge in [-0.1, -0.05) is 0 Å². The van der Waals surface area contributed by atoms with E-state index in [0.29, 0.717) is 12.5 Å². The van der Waals surface area contributed by atoms with Gasteiger partial charge in [0.05, 0.1) is 6.10 Å². The van der Waals surface area contributed by atoms with Gasteiger partial charge < -0.3 is 14.7 Å². The minimum atomic E-state index is -4.23. The molecule has 0 bridgehead atoms. The van der Waals surface area contributed by atoms with Crippen molar-refractivity contribution in [3.63, 3.8) is 0 Å². The maximum atomic E-state index is 11.8. The smallest absolute Gasteiger partial charge is 0.393 e. The first-order chi connectivity index (χ1) is 8.38. The summed E-state index contributed by atoms with van der Waals surface area (Å²) in [4.78, 5) is 2.24. The molecule has 1 fully saturated rings. The fourth-order valence-electron chi connectivity index (χ4n) is 2.41. The number of ether oxygens (including phenoxy) is 1. The van der Waals surface area contributed by atoms with Crippen LogP contribution in [0.4, 0.5) is 13.2 Å². The Morgan fingerprint density at radius 3 is 2.78 bits per heavy atom. The molecular formula is C12H22F3NO2. The molecule has 2 unspecified atom stereocenters. The number of aliphatic hydroxyl groups excluding tert-OH is 1. The van der Waals surface area contributed by atoms with Gasteiger partial charge in [0, 0.05) is 19.2 Å². The molecule has 1 aliphatic heterocycles. The number of rotatable bonds is 7. The zero-order chi connectivity index (χ0) is 13.6. The van der Waals surface area contributed by atoms with Gasteiger partial charge in [0.2, 0.25) is 0 Å². The van der Waals surface area contributed by atoms with Crippen LogP contribution in [0.1, 0.15) is 32.6 Å². The van der Waals surface area contributed by atoms with Crippen LogP contribution in [0.2, 0.25) is 0 Å². The Morgan fingerprint density at radius 2 is 2.17 bits per heavy atom. The monoisotopic (exact) mass is 269 g/mol. The molecule has 1 rings (SSSR count). The minimum Gasteiger partial charge on any atom is -0.393 e. The van der Waals surface area contributed by atoms with Crippen molar-refractivity contribution in [1.82, 2.24) is 4.90 Å². The Balaban J connectivity index is 2.11. The summed E-state index contributed by atoms with van der Waals surface area (Å²) in [5, 5.41) is 9.35. The number of likely N-dealkylation sites (tertiary alicyclic amines) is 1. The molecular weight excluding hydrogens is 247 g/mol. The topological polar surface area (TPSA) is 32.7 Å². The molecule has 0 aromatic heterocycles. The van der Waals surface area contributed by atoms with Crippen LogP contribution in [0.3, 0.4) is 0 Å². The molecule has 108 valence electrons. The predicted octanol–water partition coefficient (Wildman–Crippen LogP) is 2.19. The highest BCUT2D eigenvalue weighted by atomic mass is 19.4. The number of halogens is 3. The summed E-state index contributed by atoms with van der Waals surface area (Å²) in [5.74, 6) is 0. The molecule has 1 aliphatic rings. The average Bonchev–Trinajstić information content (AvgIpc) is 2.62. The van der Waals surface area contributed by atoms with Crippen LogP contribution >= 0.6 is 0 Å². The molecule has 1 heterocycles. The van der Waals surface area contributed by atoms with Crippen LogP contribution in [0.5, 0.6) is 0 Å². The van der Waals surface area contributed by atoms with Crippen LogP contribution in [0.25, 0.3) is 0 Å². The van der Waals surface area contributed by atoms with Crippen LogP contribution in [0.15, 0.2) is 0 Å². The quantitative estimate of drug-likeness (QED) is 0.719. The third-order valence-electron chi connectivity index (χ3n) is 3.11. The first kappa shape index (κ1) is 15.7. The molecule has 0 saturated carbocycles. The lowest BCUT2D eigenvalue weighted by Gasteiger charge is -2.25. The van der Waals surface area contributed by atoms with Gasteiger partial charge in [-0.25, -0.2) is 0 Å². The number of aliphatic hydroxyl groups is 1. The highest BCUT2D eigenvalue weighted by Gasteiger charge is 2.28. The Labute approximate surface area is 106 Å². The van der Waals surface area contributed by atoms with E-state index in [0.717, 1.165) is 32.4 Å². The van der Waals surface area contributed by atoms with E-state index in [2.05, 4.69) is 9.64 Å². The van der Waals surface area contributed by atoms with E-state index in [9.17, 15) is 18.3 Å². The third-order valence-corrected chi connectivity index (χ3v) is 3.11. The summed E-state index contributed by atoms with van der Waals surface area (Å²) in [6.45, 7) is 2.45. The lowest BCUT2D eigenvalue weighted by atomic mass is 10.1. The molecule has 0 aromatic rings. The molecule has 0 amide bonds. The molecule has 0 spiro atoms. The molecule has 2 atom stereocenters. The maximum absolute atomic E-state index is 11.8. The van der Waals surface area contributed by atoms with Crippen LogP contribution in [-0.2, 0) is 4.74 Å². The van der Waals surface area contributed by atoms with Gasteiger partial charge in [-0.05, 0) is 39.2 Å². The largest absolute Gasteiger partial charge is 0.411 e. The summed E-state index contributed by atoms with van der Waals surface area (Å²) >= 11 is 0. The summed E-state index contributed by atoms with van der Waals surface area (Å²) in [6.07, 6.45) is -1.05. The zero-order valence-corrected chi connectivity index (χ0v) is 10.7. The molecule has 3 nitrogen and oxygen atoms in total. The highest BCUT2D eigenvalue weighted by Crippen LogP contribution is 2.21. The molecule has 0 aromatic carbocycles. The molecule has 6 heteroatoms. The maximum Gasteiger partial charge on any atom is 0.411 e. The summed E-state index contributed by atoms with van der Waals surface area (Å²) < 4.78 is 40.1. The van der Waals surface area contributed by atoms with Gasteiger partial charge in [0.1, 0.15) is 6.61 Å². The molecule has 0 radical (unpaired) electrons. The van der Waals surface area contributed by atoms with E-state index >= 15 is 0 Å². The Hall–Kier alpha value is -0.330. The second kappa shape index (κ2) is 7.31. The van der Waals surface area contributed by atoms with E-state index in [-0.39, 0.29) is 12.7 Å². The lowest BCUT2D eigenvalue weighted by Crippen LogP contribution is -2.33. The van der Waals surface area contributed by atoms with Crippen molar-refractivity contribution in [2.75, 3.05) is 26.3 Å². The Kier molecular flexibility index (Phi) is 6.38. The molecule has 1 N–H and O–H groups in total.